The Morgan fingerprint density at radius 1 is 1.04 bits per heavy atom. The van der Waals surface area contributed by atoms with Crippen LogP contribution in [0.5, 0.6) is 0 Å². The molecule has 1 aromatic heterocycles. The van der Waals surface area contributed by atoms with Gasteiger partial charge in [-0.05, 0) is 48.2 Å². The molecule has 1 aliphatic carbocycles. The van der Waals surface area contributed by atoms with Crippen LogP contribution in [0.15, 0.2) is 59.1 Å². The van der Waals surface area contributed by atoms with Crippen molar-refractivity contribution in [3.63, 3.8) is 0 Å². The van der Waals surface area contributed by atoms with Crippen molar-refractivity contribution < 1.29 is 9.32 Å². The third-order valence-electron chi connectivity index (χ3n) is 5.13. The van der Waals surface area contributed by atoms with E-state index in [1.54, 1.807) is 11.9 Å². The molecule has 0 bridgehead atoms. The van der Waals surface area contributed by atoms with Crippen LogP contribution in [0, 0.1) is 0 Å². The van der Waals surface area contributed by atoms with Gasteiger partial charge in [0.05, 0.1) is 6.54 Å². The van der Waals surface area contributed by atoms with Gasteiger partial charge in [0.25, 0.3) is 5.91 Å². The monoisotopic (exact) mass is 375 g/mol. The first-order valence-electron chi connectivity index (χ1n) is 9.60. The molecule has 3 aromatic rings. The highest BCUT2D eigenvalue weighted by atomic mass is 16.5. The van der Waals surface area contributed by atoms with Crippen molar-refractivity contribution in [2.75, 3.05) is 26.0 Å². The molecule has 28 heavy (non-hydrogen) atoms. The molecule has 0 radical (unpaired) electrons. The average molecular weight is 375 g/mol. The smallest absolute Gasteiger partial charge is 0.253 e. The van der Waals surface area contributed by atoms with Gasteiger partial charge in [-0.1, -0.05) is 29.4 Å². The second kappa shape index (κ2) is 7.50. The maximum absolute atomic E-state index is 12.8. The van der Waals surface area contributed by atoms with E-state index in [4.69, 9.17) is 4.52 Å². The van der Waals surface area contributed by atoms with Crippen LogP contribution in [-0.2, 0) is 6.54 Å². The predicted octanol–water partition coefficient (Wildman–Crippen LogP) is 4.56. The van der Waals surface area contributed by atoms with Crippen LogP contribution in [0.25, 0.3) is 11.1 Å². The minimum absolute atomic E-state index is 0.0236. The normalized spacial score (nSPS) is 13.4. The van der Waals surface area contributed by atoms with E-state index in [0.717, 1.165) is 28.3 Å². The van der Waals surface area contributed by atoms with Gasteiger partial charge in [0, 0.05) is 44.4 Å². The van der Waals surface area contributed by atoms with E-state index < -0.39 is 0 Å². The fourth-order valence-corrected chi connectivity index (χ4v) is 3.27. The highest BCUT2D eigenvalue weighted by Crippen LogP contribution is 2.40. The number of carbonyl (C=O) groups is 1. The summed E-state index contributed by atoms with van der Waals surface area (Å²) in [6.45, 7) is 0.446. The Bertz CT molecular complexity index is 972. The van der Waals surface area contributed by atoms with Crippen LogP contribution in [-0.4, -0.2) is 37.1 Å². The molecule has 0 atom stereocenters. The van der Waals surface area contributed by atoms with Gasteiger partial charge < -0.3 is 14.3 Å². The Balaban J connectivity index is 1.45. The summed E-state index contributed by atoms with van der Waals surface area (Å²) in [5, 5.41) is 4.10. The fourth-order valence-electron chi connectivity index (χ4n) is 3.27. The van der Waals surface area contributed by atoms with Crippen LogP contribution in [0.2, 0.25) is 0 Å². The van der Waals surface area contributed by atoms with E-state index in [9.17, 15) is 4.79 Å². The van der Waals surface area contributed by atoms with Crippen molar-refractivity contribution in [1.29, 1.82) is 0 Å². The number of nitrogens with zero attached hydrogens (tertiary/aromatic N) is 3. The fraction of sp³-hybridized carbons (Fsp3) is 0.304. The zero-order chi connectivity index (χ0) is 19.7. The maximum Gasteiger partial charge on any atom is 0.253 e. The van der Waals surface area contributed by atoms with Crippen LogP contribution >= 0.6 is 0 Å². The Kier molecular flexibility index (Phi) is 4.90. The SMILES string of the molecule is CN(Cc1cc(C2CC2)on1)C(=O)c1ccc(-c2cccc(N(C)C)c2)cc1. The molecule has 0 aliphatic heterocycles. The summed E-state index contributed by atoms with van der Waals surface area (Å²) in [6.07, 6.45) is 2.35. The lowest BCUT2D eigenvalue weighted by Crippen LogP contribution is -2.26. The van der Waals surface area contributed by atoms with Crippen molar-refractivity contribution in [3.8, 4) is 11.1 Å². The molecule has 0 N–H and O–H groups in total. The number of hydrogen-bond donors (Lipinski definition) is 0. The quantitative estimate of drug-likeness (QED) is 0.634. The van der Waals surface area contributed by atoms with Crippen LogP contribution in [0.1, 0.15) is 40.6 Å². The van der Waals surface area contributed by atoms with E-state index in [-0.39, 0.29) is 5.91 Å². The Morgan fingerprint density at radius 3 is 2.46 bits per heavy atom. The standard InChI is InChI=1S/C23H25N3O2/c1-25(2)21-6-4-5-19(13-21)16-7-11-18(12-8-16)23(27)26(3)15-20-14-22(28-24-20)17-9-10-17/h4-8,11-14,17H,9-10,15H2,1-3H3. The van der Waals surface area contributed by atoms with E-state index >= 15 is 0 Å². The van der Waals surface area contributed by atoms with Gasteiger partial charge >= 0.3 is 0 Å². The maximum atomic E-state index is 12.8. The summed E-state index contributed by atoms with van der Waals surface area (Å²) in [6, 6.07) is 18.1. The van der Waals surface area contributed by atoms with Gasteiger partial charge in [0.1, 0.15) is 11.5 Å². The highest BCUT2D eigenvalue weighted by Gasteiger charge is 2.28. The molecule has 5 nitrogen and oxygen atoms in total. The molecule has 5 heteroatoms. The lowest BCUT2D eigenvalue weighted by molar-refractivity contribution is 0.0782. The van der Waals surface area contributed by atoms with Gasteiger partial charge in [-0.25, -0.2) is 0 Å². The molecule has 1 saturated carbocycles. The van der Waals surface area contributed by atoms with Gasteiger partial charge in [0.2, 0.25) is 0 Å². The Hall–Kier alpha value is -3.08. The number of carbonyl (C=O) groups excluding carboxylic acids is 1. The summed E-state index contributed by atoms with van der Waals surface area (Å²) >= 11 is 0. The van der Waals surface area contributed by atoms with Crippen molar-refractivity contribution in [2.24, 2.45) is 0 Å². The number of anilines is 1. The summed E-state index contributed by atoms with van der Waals surface area (Å²) in [5.74, 6) is 1.45. The molecule has 0 spiro atoms. The second-order valence-corrected chi connectivity index (χ2v) is 7.68. The number of aromatic nitrogens is 1. The van der Waals surface area contributed by atoms with Gasteiger partial charge in [-0.15, -0.1) is 0 Å². The van der Waals surface area contributed by atoms with Crippen molar-refractivity contribution in [2.45, 2.75) is 25.3 Å². The average Bonchev–Trinajstić information content (AvgIpc) is 3.47. The topological polar surface area (TPSA) is 49.6 Å². The second-order valence-electron chi connectivity index (χ2n) is 7.68. The van der Waals surface area contributed by atoms with Gasteiger partial charge in [0.15, 0.2) is 0 Å². The number of benzene rings is 2. The number of hydrogen-bond acceptors (Lipinski definition) is 4. The zero-order valence-corrected chi connectivity index (χ0v) is 16.6. The van der Waals surface area contributed by atoms with E-state index in [1.807, 2.05) is 50.5 Å². The van der Waals surface area contributed by atoms with Gasteiger partial charge in [-0.3, -0.25) is 4.79 Å². The zero-order valence-electron chi connectivity index (χ0n) is 16.6. The van der Waals surface area contributed by atoms with Crippen molar-refractivity contribution >= 4 is 11.6 Å². The Labute approximate surface area is 165 Å². The van der Waals surface area contributed by atoms with Gasteiger partial charge in [-0.2, -0.15) is 0 Å². The van der Waals surface area contributed by atoms with Crippen LogP contribution in [0.4, 0.5) is 5.69 Å². The molecule has 2 aromatic carbocycles. The third kappa shape index (κ3) is 3.93. The highest BCUT2D eigenvalue weighted by molar-refractivity contribution is 5.94. The number of rotatable bonds is 6. The Morgan fingerprint density at radius 2 is 1.79 bits per heavy atom. The first-order chi connectivity index (χ1) is 13.5. The summed E-state index contributed by atoms with van der Waals surface area (Å²) < 4.78 is 5.37. The lowest BCUT2D eigenvalue weighted by atomic mass is 10.0. The molecular formula is C23H25N3O2. The molecule has 1 amide bonds. The largest absolute Gasteiger partial charge is 0.378 e. The van der Waals surface area contributed by atoms with E-state index in [0.29, 0.717) is 18.0 Å². The minimum Gasteiger partial charge on any atom is -0.378 e. The van der Waals surface area contributed by atoms with Crippen LogP contribution < -0.4 is 4.90 Å². The van der Waals surface area contributed by atoms with Crippen molar-refractivity contribution in [1.82, 2.24) is 10.1 Å². The molecule has 0 saturated heterocycles. The van der Waals surface area contributed by atoms with Crippen molar-refractivity contribution in [3.05, 3.63) is 71.6 Å². The molecular weight excluding hydrogens is 350 g/mol. The predicted molar refractivity (Wildman–Crippen MR) is 110 cm³/mol. The minimum atomic E-state index is -0.0236. The number of amides is 1. The molecule has 1 heterocycles. The first kappa shape index (κ1) is 18.3. The lowest BCUT2D eigenvalue weighted by Gasteiger charge is -2.16. The summed E-state index contributed by atoms with van der Waals surface area (Å²) in [4.78, 5) is 16.5. The molecule has 144 valence electrons. The molecule has 0 unspecified atom stereocenters. The summed E-state index contributed by atoms with van der Waals surface area (Å²) in [5.41, 5.74) is 4.84. The molecule has 1 aliphatic rings. The molecule has 1 fully saturated rings. The molecule has 4 rings (SSSR count). The van der Waals surface area contributed by atoms with E-state index in [1.165, 1.54) is 12.8 Å². The van der Waals surface area contributed by atoms with E-state index in [2.05, 4.69) is 28.3 Å². The summed E-state index contributed by atoms with van der Waals surface area (Å²) in [7, 11) is 5.85. The third-order valence-corrected chi connectivity index (χ3v) is 5.13. The first-order valence-corrected chi connectivity index (χ1v) is 9.60. The van der Waals surface area contributed by atoms with Crippen LogP contribution in [0.3, 0.4) is 0 Å².